The molecule has 1 unspecified atom stereocenters. The van der Waals surface area contributed by atoms with E-state index < -0.39 is 17.8 Å². The summed E-state index contributed by atoms with van der Waals surface area (Å²) in [4.78, 5) is 25.1. The van der Waals surface area contributed by atoms with Gasteiger partial charge >= 0.3 is 6.09 Å². The van der Waals surface area contributed by atoms with Crippen LogP contribution in [0.4, 0.5) is 9.18 Å². The molecule has 3 N–H and O–H groups in total. The number of rotatable bonds is 3. The summed E-state index contributed by atoms with van der Waals surface area (Å²) in [7, 11) is 0. The van der Waals surface area contributed by atoms with Crippen LogP contribution in [0.5, 0.6) is 0 Å². The predicted molar refractivity (Wildman–Crippen MR) is 91.2 cm³/mol. The number of hydrogen-bond donors (Lipinski definition) is 2. The highest BCUT2D eigenvalue weighted by molar-refractivity contribution is 6.31. The van der Waals surface area contributed by atoms with Crippen molar-refractivity contribution in [3.05, 3.63) is 40.3 Å². The quantitative estimate of drug-likeness (QED) is 0.857. The maximum Gasteiger partial charge on any atom is 0.407 e. The summed E-state index contributed by atoms with van der Waals surface area (Å²) in [5.41, 5.74) is 6.89. The van der Waals surface area contributed by atoms with Gasteiger partial charge in [0.15, 0.2) is 0 Å². The third-order valence-corrected chi connectivity index (χ3v) is 5.28. The van der Waals surface area contributed by atoms with Crippen LogP contribution in [0.1, 0.15) is 28.9 Å². The maximum absolute atomic E-state index is 13.5. The lowest BCUT2D eigenvalue weighted by Gasteiger charge is -2.34. The molecule has 26 heavy (non-hydrogen) atoms. The summed E-state index contributed by atoms with van der Waals surface area (Å²) >= 11 is 5.85. The molecule has 0 saturated heterocycles. The minimum atomic E-state index is -1.03. The van der Waals surface area contributed by atoms with E-state index in [1.165, 1.54) is 23.1 Å². The lowest BCUT2D eigenvalue weighted by molar-refractivity contribution is 0.0887. The molecule has 0 radical (unpaired) electrons. The van der Waals surface area contributed by atoms with Gasteiger partial charge in [-0.15, -0.1) is 0 Å². The van der Waals surface area contributed by atoms with Crippen molar-refractivity contribution in [2.24, 2.45) is 11.7 Å². The van der Waals surface area contributed by atoms with E-state index in [1.54, 1.807) is 4.68 Å². The Bertz CT molecular complexity index is 925. The zero-order valence-corrected chi connectivity index (χ0v) is 14.4. The van der Waals surface area contributed by atoms with E-state index in [2.05, 4.69) is 5.10 Å². The lowest BCUT2D eigenvalue weighted by Crippen LogP contribution is -2.47. The third-order valence-electron chi connectivity index (χ3n) is 4.99. The zero-order chi connectivity index (χ0) is 18.6. The minimum Gasteiger partial charge on any atom is -0.465 e. The number of carbonyl (C=O) groups excluding carboxylic acids is 1. The Balaban J connectivity index is 1.83. The molecular weight excluding hydrogens is 363 g/mol. The van der Waals surface area contributed by atoms with Gasteiger partial charge in [-0.25, -0.2) is 9.18 Å². The van der Waals surface area contributed by atoms with Crippen LogP contribution in [0.25, 0.3) is 11.3 Å². The maximum atomic E-state index is 13.5. The van der Waals surface area contributed by atoms with Crippen LogP contribution in [0.2, 0.25) is 5.02 Å². The second kappa shape index (κ2) is 5.98. The van der Waals surface area contributed by atoms with Crippen molar-refractivity contribution in [3.63, 3.8) is 0 Å². The standard InChI is InChI=1S/C17H16ClFN4O3/c18-10-5-9(3-4-11(10)19)15-14(16(20)24)13-6-22(17(25)26)12(8-1-2-8)7-23(13)21-15/h3-5,8,12H,1-2,6-7H2,(H2,20,24)(H,25,26). The molecule has 4 rings (SSSR count). The topological polar surface area (TPSA) is 101 Å². The number of halogens is 2. The van der Waals surface area contributed by atoms with Gasteiger partial charge in [-0.2, -0.15) is 5.10 Å². The first-order valence-electron chi connectivity index (χ1n) is 8.21. The Labute approximate surface area is 153 Å². The summed E-state index contributed by atoms with van der Waals surface area (Å²) in [5.74, 6) is -0.980. The number of carbonyl (C=O) groups is 2. The Morgan fingerprint density at radius 1 is 1.35 bits per heavy atom. The predicted octanol–water partition coefficient (Wildman–Crippen LogP) is 2.71. The number of nitrogens with two attached hydrogens (primary N) is 1. The van der Waals surface area contributed by atoms with Gasteiger partial charge in [0.1, 0.15) is 11.5 Å². The summed E-state index contributed by atoms with van der Waals surface area (Å²) in [6.45, 7) is 0.401. The van der Waals surface area contributed by atoms with Crippen LogP contribution in [0.15, 0.2) is 18.2 Å². The molecule has 0 spiro atoms. The Morgan fingerprint density at radius 3 is 2.65 bits per heavy atom. The van der Waals surface area contributed by atoms with E-state index in [1.807, 2.05) is 0 Å². The minimum absolute atomic E-state index is 0.0384. The number of amides is 2. The molecule has 2 aliphatic rings. The lowest BCUT2D eigenvalue weighted by atomic mass is 10.0. The fraction of sp³-hybridized carbons (Fsp3) is 0.353. The van der Waals surface area contributed by atoms with Crippen molar-refractivity contribution in [3.8, 4) is 11.3 Å². The van der Waals surface area contributed by atoms with E-state index >= 15 is 0 Å². The van der Waals surface area contributed by atoms with Crippen LogP contribution >= 0.6 is 11.6 Å². The smallest absolute Gasteiger partial charge is 0.407 e. The van der Waals surface area contributed by atoms with Crippen LogP contribution in [0.3, 0.4) is 0 Å². The van der Waals surface area contributed by atoms with Crippen molar-refractivity contribution in [2.45, 2.75) is 32.0 Å². The van der Waals surface area contributed by atoms with Crippen LogP contribution in [0, 0.1) is 11.7 Å². The highest BCUT2D eigenvalue weighted by atomic mass is 35.5. The van der Waals surface area contributed by atoms with Gasteiger partial charge in [0.05, 0.1) is 35.4 Å². The van der Waals surface area contributed by atoms with Gasteiger partial charge in [0.2, 0.25) is 0 Å². The molecule has 9 heteroatoms. The number of carboxylic acid groups (broad SMARTS) is 1. The third kappa shape index (κ3) is 2.70. The zero-order valence-electron chi connectivity index (χ0n) is 13.7. The van der Waals surface area contributed by atoms with Crippen LogP contribution in [-0.2, 0) is 13.1 Å². The van der Waals surface area contributed by atoms with Gasteiger partial charge in [0, 0.05) is 5.56 Å². The molecule has 1 saturated carbocycles. The van der Waals surface area contributed by atoms with E-state index in [4.69, 9.17) is 17.3 Å². The van der Waals surface area contributed by atoms with E-state index in [0.717, 1.165) is 12.8 Å². The van der Waals surface area contributed by atoms with Crippen molar-refractivity contribution < 1.29 is 19.1 Å². The molecule has 1 atom stereocenters. The molecule has 0 bridgehead atoms. The monoisotopic (exact) mass is 378 g/mol. The van der Waals surface area contributed by atoms with E-state index in [0.29, 0.717) is 23.7 Å². The summed E-state index contributed by atoms with van der Waals surface area (Å²) in [5, 5.41) is 13.9. The Morgan fingerprint density at radius 2 is 2.08 bits per heavy atom. The summed E-state index contributed by atoms with van der Waals surface area (Å²) < 4.78 is 15.1. The normalized spacial score (nSPS) is 19.3. The highest BCUT2D eigenvalue weighted by Crippen LogP contribution is 2.40. The number of hydrogen-bond acceptors (Lipinski definition) is 3. The number of nitrogens with zero attached hydrogens (tertiary/aromatic N) is 3. The van der Waals surface area contributed by atoms with E-state index in [-0.39, 0.29) is 28.9 Å². The van der Waals surface area contributed by atoms with Gasteiger partial charge in [-0.3, -0.25) is 14.4 Å². The average Bonchev–Trinajstić information content (AvgIpc) is 3.36. The largest absolute Gasteiger partial charge is 0.465 e. The molecule has 2 heterocycles. The van der Waals surface area contributed by atoms with Crippen molar-refractivity contribution >= 4 is 23.6 Å². The van der Waals surface area contributed by atoms with Gasteiger partial charge in [-0.1, -0.05) is 11.6 Å². The molecule has 2 aromatic rings. The Kier molecular flexibility index (Phi) is 3.87. The van der Waals surface area contributed by atoms with Gasteiger partial charge in [-0.05, 0) is 37.0 Å². The first-order valence-corrected chi connectivity index (χ1v) is 8.59. The molecule has 136 valence electrons. The molecule has 2 amide bonds. The fourth-order valence-electron chi connectivity index (χ4n) is 3.56. The molecule has 7 nitrogen and oxygen atoms in total. The molecule has 1 aliphatic carbocycles. The van der Waals surface area contributed by atoms with Crippen LogP contribution in [-0.4, -0.2) is 37.8 Å². The second-order valence-electron chi connectivity index (χ2n) is 6.66. The number of fused-ring (bicyclic) bond motifs is 1. The Hall–Kier alpha value is -2.61. The fourth-order valence-corrected chi connectivity index (χ4v) is 3.74. The van der Waals surface area contributed by atoms with Gasteiger partial charge in [0.25, 0.3) is 5.91 Å². The number of aromatic nitrogens is 2. The number of primary amides is 1. The second-order valence-corrected chi connectivity index (χ2v) is 7.07. The van der Waals surface area contributed by atoms with E-state index in [9.17, 15) is 19.1 Å². The van der Waals surface area contributed by atoms with Crippen molar-refractivity contribution in [1.29, 1.82) is 0 Å². The van der Waals surface area contributed by atoms with Gasteiger partial charge < -0.3 is 10.8 Å². The average molecular weight is 379 g/mol. The van der Waals surface area contributed by atoms with Crippen molar-refractivity contribution in [1.82, 2.24) is 14.7 Å². The molecule has 1 aromatic heterocycles. The summed E-state index contributed by atoms with van der Waals surface area (Å²) in [6, 6.07) is 3.86. The van der Waals surface area contributed by atoms with Crippen molar-refractivity contribution in [2.75, 3.05) is 0 Å². The molecule has 1 aliphatic heterocycles. The molecule has 1 aromatic carbocycles. The molecule has 1 fully saturated rings. The first-order chi connectivity index (χ1) is 12.4. The van der Waals surface area contributed by atoms with Crippen LogP contribution < -0.4 is 5.73 Å². The first kappa shape index (κ1) is 16.8. The highest BCUT2D eigenvalue weighted by Gasteiger charge is 2.42. The molecular formula is C17H16ClFN4O3. The number of benzene rings is 1. The SMILES string of the molecule is NC(=O)c1c(-c2ccc(F)c(Cl)c2)nn2c1CN(C(=O)O)C(C1CC1)C2. The summed E-state index contributed by atoms with van der Waals surface area (Å²) in [6.07, 6.45) is 0.929.